The first-order valence-corrected chi connectivity index (χ1v) is 5.74. The van der Waals surface area contributed by atoms with Crippen molar-refractivity contribution in [1.82, 2.24) is 15.5 Å². The molecule has 0 aliphatic carbocycles. The van der Waals surface area contributed by atoms with Gasteiger partial charge in [0, 0.05) is 13.0 Å². The van der Waals surface area contributed by atoms with Gasteiger partial charge >= 0.3 is 0 Å². The average Bonchev–Trinajstić information content (AvgIpc) is 2.62. The first-order chi connectivity index (χ1) is 7.22. The molecule has 0 bridgehead atoms. The van der Waals surface area contributed by atoms with Crippen LogP contribution in [0.3, 0.4) is 0 Å². The molecule has 0 fully saturated rings. The van der Waals surface area contributed by atoms with E-state index < -0.39 is 0 Å². The van der Waals surface area contributed by atoms with Crippen LogP contribution in [-0.4, -0.2) is 16.2 Å². The highest BCUT2D eigenvalue weighted by Gasteiger charge is 2.05. The van der Waals surface area contributed by atoms with Crippen LogP contribution >= 0.6 is 0 Å². The summed E-state index contributed by atoms with van der Waals surface area (Å²) in [6, 6.07) is 0.517. The fraction of sp³-hybridized carbons (Fsp3) is 0.818. The van der Waals surface area contributed by atoms with Gasteiger partial charge in [-0.25, -0.2) is 0 Å². The number of rotatable bonds is 7. The molecule has 1 unspecified atom stereocenters. The van der Waals surface area contributed by atoms with E-state index in [9.17, 15) is 0 Å². The minimum atomic E-state index is 0.517. The maximum Gasteiger partial charge on any atom is 0.230 e. The Morgan fingerprint density at radius 1 is 1.33 bits per heavy atom. The Kier molecular flexibility index (Phi) is 5.32. The molecule has 0 radical (unpaired) electrons. The van der Waals surface area contributed by atoms with Gasteiger partial charge in [0.25, 0.3) is 0 Å². The third-order valence-electron chi connectivity index (χ3n) is 2.41. The van der Waals surface area contributed by atoms with E-state index in [2.05, 4.69) is 29.4 Å². The van der Waals surface area contributed by atoms with Crippen LogP contribution in [0, 0.1) is 6.92 Å². The first-order valence-electron chi connectivity index (χ1n) is 5.74. The van der Waals surface area contributed by atoms with Crippen LogP contribution in [-0.2, 0) is 6.54 Å². The molecule has 0 aromatic carbocycles. The molecule has 0 aliphatic heterocycles. The van der Waals surface area contributed by atoms with Gasteiger partial charge in [0.15, 0.2) is 0 Å². The van der Waals surface area contributed by atoms with Crippen LogP contribution in [0.15, 0.2) is 4.42 Å². The molecule has 0 spiro atoms. The summed E-state index contributed by atoms with van der Waals surface area (Å²) in [5.74, 6) is 1.31. The number of aromatic nitrogens is 2. The molecular formula is C11H21N3O. The zero-order valence-corrected chi connectivity index (χ0v) is 9.92. The highest BCUT2D eigenvalue weighted by Crippen LogP contribution is 2.04. The van der Waals surface area contributed by atoms with Crippen LogP contribution in [0.5, 0.6) is 0 Å². The van der Waals surface area contributed by atoms with Crippen molar-refractivity contribution in [3.8, 4) is 0 Å². The van der Waals surface area contributed by atoms with Gasteiger partial charge in [-0.15, -0.1) is 10.2 Å². The summed E-state index contributed by atoms with van der Waals surface area (Å²) < 4.78 is 5.27. The zero-order chi connectivity index (χ0) is 11.1. The van der Waals surface area contributed by atoms with Crippen molar-refractivity contribution in [2.45, 2.75) is 59.0 Å². The standard InChI is InChI=1S/C11H21N3O/c1-4-5-6-7-9(2)12-8-11-14-13-10(3)15-11/h9,12H,4-8H2,1-3H3. The largest absolute Gasteiger partial charge is 0.424 e. The van der Waals surface area contributed by atoms with Crippen LogP contribution < -0.4 is 5.32 Å². The van der Waals surface area contributed by atoms with Crippen molar-refractivity contribution in [3.05, 3.63) is 11.8 Å². The second-order valence-corrected chi connectivity index (χ2v) is 3.99. The highest BCUT2D eigenvalue weighted by atomic mass is 16.4. The van der Waals surface area contributed by atoms with E-state index in [-0.39, 0.29) is 0 Å². The Bertz CT molecular complexity index is 273. The number of nitrogens with one attached hydrogen (secondary N) is 1. The maximum atomic E-state index is 5.27. The predicted molar refractivity (Wildman–Crippen MR) is 59.5 cm³/mol. The summed E-state index contributed by atoms with van der Waals surface area (Å²) in [7, 11) is 0. The van der Waals surface area contributed by atoms with Gasteiger partial charge in [-0.1, -0.05) is 26.2 Å². The van der Waals surface area contributed by atoms with Gasteiger partial charge in [-0.2, -0.15) is 0 Å². The van der Waals surface area contributed by atoms with Crippen LogP contribution in [0.2, 0.25) is 0 Å². The highest BCUT2D eigenvalue weighted by molar-refractivity contribution is 4.78. The lowest BCUT2D eigenvalue weighted by molar-refractivity contribution is 0.413. The Balaban J connectivity index is 2.13. The topological polar surface area (TPSA) is 51.0 Å². The van der Waals surface area contributed by atoms with Gasteiger partial charge < -0.3 is 9.73 Å². The van der Waals surface area contributed by atoms with Crippen molar-refractivity contribution in [2.75, 3.05) is 0 Å². The average molecular weight is 211 g/mol. The van der Waals surface area contributed by atoms with Crippen molar-refractivity contribution < 1.29 is 4.42 Å². The normalized spacial score (nSPS) is 13.0. The summed E-state index contributed by atoms with van der Waals surface area (Å²) in [6.45, 7) is 6.90. The molecule has 0 saturated heterocycles. The van der Waals surface area contributed by atoms with Gasteiger partial charge in [0.2, 0.25) is 11.8 Å². The van der Waals surface area contributed by atoms with Crippen molar-refractivity contribution >= 4 is 0 Å². The molecule has 1 aromatic rings. The molecule has 0 saturated carbocycles. The minimum absolute atomic E-state index is 0.517. The second kappa shape index (κ2) is 6.56. The number of unbranched alkanes of at least 4 members (excludes halogenated alkanes) is 2. The number of nitrogens with zero attached hydrogens (tertiary/aromatic N) is 2. The number of hydrogen-bond donors (Lipinski definition) is 1. The minimum Gasteiger partial charge on any atom is -0.424 e. The molecule has 1 atom stereocenters. The molecule has 1 rings (SSSR count). The Morgan fingerprint density at radius 3 is 2.73 bits per heavy atom. The lowest BCUT2D eigenvalue weighted by Gasteiger charge is -2.11. The Morgan fingerprint density at radius 2 is 2.13 bits per heavy atom. The first kappa shape index (κ1) is 12.2. The molecule has 15 heavy (non-hydrogen) atoms. The molecule has 1 N–H and O–H groups in total. The molecule has 4 nitrogen and oxygen atoms in total. The van der Waals surface area contributed by atoms with Crippen LogP contribution in [0.1, 0.15) is 51.3 Å². The maximum absolute atomic E-state index is 5.27. The van der Waals surface area contributed by atoms with Gasteiger partial charge in [0.1, 0.15) is 0 Å². The molecule has 0 aliphatic rings. The van der Waals surface area contributed by atoms with E-state index in [4.69, 9.17) is 4.42 Å². The van der Waals surface area contributed by atoms with Gasteiger partial charge in [0.05, 0.1) is 6.54 Å². The molecule has 0 amide bonds. The van der Waals surface area contributed by atoms with Crippen molar-refractivity contribution in [3.63, 3.8) is 0 Å². The van der Waals surface area contributed by atoms with Crippen LogP contribution in [0.4, 0.5) is 0 Å². The summed E-state index contributed by atoms with van der Waals surface area (Å²) in [5, 5.41) is 11.1. The monoisotopic (exact) mass is 211 g/mol. The Hall–Kier alpha value is -0.900. The van der Waals surface area contributed by atoms with E-state index in [1.807, 2.05) is 0 Å². The second-order valence-electron chi connectivity index (χ2n) is 3.99. The summed E-state index contributed by atoms with van der Waals surface area (Å²) in [5.41, 5.74) is 0. The fourth-order valence-corrected chi connectivity index (χ4v) is 1.47. The lowest BCUT2D eigenvalue weighted by atomic mass is 10.1. The molecular weight excluding hydrogens is 190 g/mol. The molecule has 1 heterocycles. The fourth-order valence-electron chi connectivity index (χ4n) is 1.47. The summed E-state index contributed by atoms with van der Waals surface area (Å²) >= 11 is 0. The SMILES string of the molecule is CCCCCC(C)NCc1nnc(C)o1. The van der Waals surface area contributed by atoms with E-state index in [1.165, 1.54) is 25.7 Å². The van der Waals surface area contributed by atoms with E-state index >= 15 is 0 Å². The van der Waals surface area contributed by atoms with E-state index in [0.29, 0.717) is 24.4 Å². The van der Waals surface area contributed by atoms with Gasteiger partial charge in [-0.05, 0) is 13.3 Å². The molecule has 86 valence electrons. The lowest BCUT2D eigenvalue weighted by Crippen LogP contribution is -2.25. The zero-order valence-electron chi connectivity index (χ0n) is 9.92. The van der Waals surface area contributed by atoms with Crippen molar-refractivity contribution in [2.24, 2.45) is 0 Å². The third kappa shape index (κ3) is 4.93. The summed E-state index contributed by atoms with van der Waals surface area (Å²) in [6.07, 6.45) is 5.08. The summed E-state index contributed by atoms with van der Waals surface area (Å²) in [4.78, 5) is 0. The number of aryl methyl sites for hydroxylation is 1. The predicted octanol–water partition coefficient (Wildman–Crippen LogP) is 2.44. The van der Waals surface area contributed by atoms with Crippen molar-refractivity contribution in [1.29, 1.82) is 0 Å². The number of hydrogen-bond acceptors (Lipinski definition) is 4. The third-order valence-corrected chi connectivity index (χ3v) is 2.41. The quantitative estimate of drug-likeness (QED) is 0.704. The molecule has 4 heteroatoms. The van der Waals surface area contributed by atoms with Crippen LogP contribution in [0.25, 0.3) is 0 Å². The molecule has 1 aromatic heterocycles. The van der Waals surface area contributed by atoms with Gasteiger partial charge in [-0.3, -0.25) is 0 Å². The Labute approximate surface area is 91.5 Å². The smallest absolute Gasteiger partial charge is 0.230 e. The van der Waals surface area contributed by atoms with E-state index in [0.717, 1.165) is 0 Å². The van der Waals surface area contributed by atoms with E-state index in [1.54, 1.807) is 6.92 Å².